The number of rotatable bonds is 0. The van der Waals surface area contributed by atoms with Gasteiger partial charge in [0, 0.05) is 9.79 Å². The van der Waals surface area contributed by atoms with Crippen molar-refractivity contribution in [1.82, 2.24) is 0 Å². The van der Waals surface area contributed by atoms with Crippen LogP contribution in [0.3, 0.4) is 0 Å². The van der Waals surface area contributed by atoms with E-state index in [0.717, 1.165) is 9.79 Å². The minimum absolute atomic E-state index is 0.996. The molecule has 0 saturated carbocycles. The van der Waals surface area contributed by atoms with E-state index in [1.165, 1.54) is 43.1 Å². The van der Waals surface area contributed by atoms with Gasteiger partial charge in [0.1, 0.15) is 0 Å². The second-order valence-electron chi connectivity index (χ2n) is 6.20. The van der Waals surface area contributed by atoms with Crippen molar-refractivity contribution in [3.8, 4) is 0 Å². The molecular weight excluding hydrogens is 328 g/mol. The van der Waals surface area contributed by atoms with Gasteiger partial charge in [0.2, 0.25) is 0 Å². The number of fused-ring (bicyclic) bond motifs is 7. The molecule has 0 saturated heterocycles. The SMILES string of the molecule is Sc1ccc2c(ccc3c2ccc2c4ccc(S)cc4ccc23)c1. The summed E-state index contributed by atoms with van der Waals surface area (Å²) in [7, 11) is 0. The van der Waals surface area contributed by atoms with Crippen LogP contribution in [-0.2, 0) is 0 Å². The summed E-state index contributed by atoms with van der Waals surface area (Å²) in [5, 5.41) is 10.2. The molecule has 0 aromatic heterocycles. The maximum absolute atomic E-state index is 4.46. The summed E-state index contributed by atoms with van der Waals surface area (Å²) >= 11 is 8.91. The topological polar surface area (TPSA) is 0 Å². The highest BCUT2D eigenvalue weighted by Crippen LogP contribution is 2.35. The van der Waals surface area contributed by atoms with Crippen LogP contribution >= 0.6 is 25.3 Å². The molecule has 0 N–H and O–H groups in total. The van der Waals surface area contributed by atoms with Gasteiger partial charge in [-0.05, 0) is 67.4 Å². The number of hydrogen-bond donors (Lipinski definition) is 2. The van der Waals surface area contributed by atoms with Crippen LogP contribution in [0.5, 0.6) is 0 Å². The first-order chi connectivity index (χ1) is 11.7. The van der Waals surface area contributed by atoms with Crippen molar-refractivity contribution in [1.29, 1.82) is 0 Å². The molecule has 5 aromatic carbocycles. The molecule has 0 bridgehead atoms. The first kappa shape index (κ1) is 14.2. The van der Waals surface area contributed by atoms with Crippen molar-refractivity contribution in [3.63, 3.8) is 0 Å². The van der Waals surface area contributed by atoms with Crippen LogP contribution in [0.15, 0.2) is 82.6 Å². The van der Waals surface area contributed by atoms with Crippen LogP contribution in [0.2, 0.25) is 0 Å². The molecule has 0 aliphatic carbocycles. The molecule has 0 nitrogen and oxygen atoms in total. The predicted molar refractivity (Wildman–Crippen MR) is 111 cm³/mol. The van der Waals surface area contributed by atoms with Crippen LogP contribution in [0.1, 0.15) is 0 Å². The van der Waals surface area contributed by atoms with E-state index in [9.17, 15) is 0 Å². The second-order valence-corrected chi connectivity index (χ2v) is 7.23. The molecule has 2 heteroatoms. The van der Waals surface area contributed by atoms with Gasteiger partial charge in [-0.1, -0.05) is 48.5 Å². The summed E-state index contributed by atoms with van der Waals surface area (Å²) in [4.78, 5) is 1.99. The molecule has 0 aliphatic rings. The Morgan fingerprint density at radius 3 is 1.17 bits per heavy atom. The lowest BCUT2D eigenvalue weighted by Crippen LogP contribution is -1.83. The molecule has 0 spiro atoms. The fourth-order valence-corrected chi connectivity index (χ4v) is 4.11. The Morgan fingerprint density at radius 1 is 0.375 bits per heavy atom. The minimum Gasteiger partial charge on any atom is -0.143 e. The van der Waals surface area contributed by atoms with Crippen LogP contribution in [0.25, 0.3) is 43.1 Å². The van der Waals surface area contributed by atoms with E-state index in [1.54, 1.807) is 0 Å². The maximum atomic E-state index is 4.46. The Balaban J connectivity index is 1.97. The van der Waals surface area contributed by atoms with Crippen molar-refractivity contribution in [2.45, 2.75) is 9.79 Å². The smallest absolute Gasteiger partial charge is 0.00463 e. The lowest BCUT2D eigenvalue weighted by molar-refractivity contribution is 1.53. The summed E-state index contributed by atoms with van der Waals surface area (Å²) in [5.74, 6) is 0. The van der Waals surface area contributed by atoms with Gasteiger partial charge in [-0.25, -0.2) is 0 Å². The molecule has 24 heavy (non-hydrogen) atoms. The van der Waals surface area contributed by atoms with E-state index >= 15 is 0 Å². The zero-order valence-corrected chi connectivity index (χ0v) is 14.6. The lowest BCUT2D eigenvalue weighted by Gasteiger charge is -2.10. The van der Waals surface area contributed by atoms with Gasteiger partial charge in [-0.2, -0.15) is 0 Å². The number of benzene rings is 5. The summed E-state index contributed by atoms with van der Waals surface area (Å²) < 4.78 is 0. The molecule has 0 atom stereocenters. The average molecular weight is 342 g/mol. The van der Waals surface area contributed by atoms with Crippen molar-refractivity contribution >= 4 is 68.3 Å². The standard InChI is InChI=1S/C22H14S2/c23-15-3-7-17-13(11-15)1-5-21-19(17)9-10-20-18-8-4-16(24)12-14(18)2-6-22(20)21/h1-12,23-24H. The quantitative estimate of drug-likeness (QED) is 0.222. The van der Waals surface area contributed by atoms with E-state index in [4.69, 9.17) is 0 Å². The fourth-order valence-electron chi connectivity index (χ4n) is 3.68. The zero-order chi connectivity index (χ0) is 16.3. The molecule has 0 unspecified atom stereocenters. The van der Waals surface area contributed by atoms with Crippen LogP contribution < -0.4 is 0 Å². The van der Waals surface area contributed by atoms with Crippen molar-refractivity contribution < 1.29 is 0 Å². The fraction of sp³-hybridized carbons (Fsp3) is 0. The van der Waals surface area contributed by atoms with E-state index in [-0.39, 0.29) is 0 Å². The monoisotopic (exact) mass is 342 g/mol. The van der Waals surface area contributed by atoms with Gasteiger partial charge in [0.15, 0.2) is 0 Å². The Bertz CT molecular complexity index is 1170. The number of hydrogen-bond acceptors (Lipinski definition) is 2. The van der Waals surface area contributed by atoms with Crippen molar-refractivity contribution in [2.24, 2.45) is 0 Å². The predicted octanol–water partition coefficient (Wildman–Crippen LogP) is 6.88. The van der Waals surface area contributed by atoms with Gasteiger partial charge < -0.3 is 0 Å². The van der Waals surface area contributed by atoms with Crippen molar-refractivity contribution in [3.05, 3.63) is 72.8 Å². The average Bonchev–Trinajstić information content (AvgIpc) is 2.60. The highest BCUT2D eigenvalue weighted by molar-refractivity contribution is 7.80. The third-order valence-electron chi connectivity index (χ3n) is 4.80. The first-order valence-corrected chi connectivity index (χ1v) is 8.80. The highest BCUT2D eigenvalue weighted by atomic mass is 32.1. The van der Waals surface area contributed by atoms with Gasteiger partial charge >= 0.3 is 0 Å². The van der Waals surface area contributed by atoms with Crippen LogP contribution in [0, 0.1) is 0 Å². The molecule has 0 fully saturated rings. The molecule has 114 valence electrons. The minimum atomic E-state index is 0.996. The van der Waals surface area contributed by atoms with Gasteiger partial charge in [0.05, 0.1) is 0 Å². The Kier molecular flexibility index (Phi) is 3.06. The molecule has 0 heterocycles. The van der Waals surface area contributed by atoms with E-state index in [1.807, 2.05) is 0 Å². The first-order valence-electron chi connectivity index (χ1n) is 7.91. The molecule has 0 aliphatic heterocycles. The number of thiol groups is 2. The normalized spacial score (nSPS) is 11.8. The molecule has 5 rings (SSSR count). The van der Waals surface area contributed by atoms with E-state index in [0.29, 0.717) is 0 Å². The van der Waals surface area contributed by atoms with Crippen LogP contribution in [-0.4, -0.2) is 0 Å². The molecular formula is C22H14S2. The maximum Gasteiger partial charge on any atom is 0.00463 e. The van der Waals surface area contributed by atoms with Gasteiger partial charge in [-0.15, -0.1) is 25.3 Å². The van der Waals surface area contributed by atoms with E-state index in [2.05, 4.69) is 98.1 Å². The van der Waals surface area contributed by atoms with Crippen LogP contribution in [0.4, 0.5) is 0 Å². The summed E-state index contributed by atoms with van der Waals surface area (Å²) in [5.41, 5.74) is 0. The lowest BCUT2D eigenvalue weighted by atomic mass is 9.94. The second kappa shape index (κ2) is 5.17. The summed E-state index contributed by atoms with van der Waals surface area (Å²) in [6.45, 7) is 0. The molecule has 5 aromatic rings. The van der Waals surface area contributed by atoms with E-state index < -0.39 is 0 Å². The van der Waals surface area contributed by atoms with Gasteiger partial charge in [-0.3, -0.25) is 0 Å². The third kappa shape index (κ3) is 2.03. The Labute approximate surface area is 150 Å². The summed E-state index contributed by atoms with van der Waals surface area (Å²) in [6.07, 6.45) is 0. The molecule has 0 amide bonds. The zero-order valence-electron chi connectivity index (χ0n) is 12.8. The largest absolute Gasteiger partial charge is 0.143 e. The Morgan fingerprint density at radius 2 is 0.708 bits per heavy atom. The van der Waals surface area contributed by atoms with Gasteiger partial charge in [0.25, 0.3) is 0 Å². The van der Waals surface area contributed by atoms with Crippen molar-refractivity contribution in [2.75, 3.05) is 0 Å². The Hall–Kier alpha value is -2.16. The third-order valence-corrected chi connectivity index (χ3v) is 5.35. The summed E-state index contributed by atoms with van der Waals surface area (Å²) in [6, 6.07) is 26.0. The molecule has 0 radical (unpaired) electrons. The highest BCUT2D eigenvalue weighted by Gasteiger charge is 2.07.